The number of carbonyl (C=O) groups excluding carboxylic acids is 1. The van der Waals surface area contributed by atoms with Gasteiger partial charge in [-0.05, 0) is 80.9 Å². The fourth-order valence-electron chi connectivity index (χ4n) is 3.42. The number of amides is 1. The fraction of sp³-hybridized carbons (Fsp3) is 0.269. The molecule has 0 atom stereocenters. The van der Waals surface area contributed by atoms with Crippen LogP contribution in [-0.4, -0.2) is 40.6 Å². The molecule has 3 rings (SSSR count). The Kier molecular flexibility index (Phi) is 9.17. The molecule has 0 spiro atoms. The van der Waals surface area contributed by atoms with Crippen molar-refractivity contribution in [3.05, 3.63) is 82.3 Å². The summed E-state index contributed by atoms with van der Waals surface area (Å²) in [5.41, 5.74) is 2.51. The Morgan fingerprint density at radius 1 is 0.971 bits per heavy atom. The molecule has 186 valence electrons. The summed E-state index contributed by atoms with van der Waals surface area (Å²) in [5, 5.41) is 2.75. The van der Waals surface area contributed by atoms with Gasteiger partial charge in [0.2, 0.25) is 5.91 Å². The van der Waals surface area contributed by atoms with E-state index in [-0.39, 0.29) is 24.6 Å². The largest absolute Gasteiger partial charge is 0.494 e. The molecule has 0 aromatic heterocycles. The van der Waals surface area contributed by atoms with Gasteiger partial charge in [0.05, 0.1) is 23.7 Å². The predicted molar refractivity (Wildman–Crippen MR) is 141 cm³/mol. The van der Waals surface area contributed by atoms with Gasteiger partial charge in [0, 0.05) is 4.47 Å². The number of ether oxygens (including phenoxy) is 2. The smallest absolute Gasteiger partial charge is 0.264 e. The molecular formula is C26H29BrN2O5S. The zero-order chi connectivity index (χ0) is 25.4. The molecule has 0 heterocycles. The van der Waals surface area contributed by atoms with Crippen LogP contribution in [0, 0.1) is 13.8 Å². The van der Waals surface area contributed by atoms with Crippen molar-refractivity contribution >= 4 is 37.5 Å². The molecule has 0 unspecified atom stereocenters. The van der Waals surface area contributed by atoms with Crippen LogP contribution in [0.1, 0.15) is 18.1 Å². The molecule has 1 N–H and O–H groups in total. The van der Waals surface area contributed by atoms with E-state index in [1.165, 1.54) is 12.1 Å². The minimum absolute atomic E-state index is 0.0839. The van der Waals surface area contributed by atoms with Crippen LogP contribution in [0.2, 0.25) is 0 Å². The van der Waals surface area contributed by atoms with Gasteiger partial charge in [0.25, 0.3) is 10.0 Å². The Balaban J connectivity index is 1.72. The Bertz CT molecular complexity index is 1250. The molecule has 0 aliphatic heterocycles. The van der Waals surface area contributed by atoms with Crippen LogP contribution in [0.4, 0.5) is 5.69 Å². The number of hydrogen-bond acceptors (Lipinski definition) is 5. The first kappa shape index (κ1) is 26.6. The minimum Gasteiger partial charge on any atom is -0.494 e. The van der Waals surface area contributed by atoms with E-state index in [0.29, 0.717) is 18.0 Å². The number of carbonyl (C=O) groups is 1. The monoisotopic (exact) mass is 560 g/mol. The van der Waals surface area contributed by atoms with Crippen molar-refractivity contribution in [3.8, 4) is 11.5 Å². The molecule has 0 fully saturated rings. The highest BCUT2D eigenvalue weighted by Crippen LogP contribution is 2.26. The van der Waals surface area contributed by atoms with E-state index in [4.69, 9.17) is 9.47 Å². The number of nitrogens with zero attached hydrogens (tertiary/aromatic N) is 1. The molecule has 0 aliphatic carbocycles. The number of hydrogen-bond donors (Lipinski definition) is 1. The summed E-state index contributed by atoms with van der Waals surface area (Å²) in [7, 11) is -3.99. The highest BCUT2D eigenvalue weighted by molar-refractivity contribution is 9.10. The highest BCUT2D eigenvalue weighted by Gasteiger charge is 2.27. The number of sulfonamides is 1. The SMILES string of the molecule is CCOc1ccc(N(CC(=O)NCCOc2ccc(C)cc2C)S(=O)(=O)c2ccc(Br)cc2)cc1. The van der Waals surface area contributed by atoms with E-state index >= 15 is 0 Å². The van der Waals surface area contributed by atoms with Crippen molar-refractivity contribution in [2.24, 2.45) is 0 Å². The third-order valence-electron chi connectivity index (χ3n) is 5.14. The van der Waals surface area contributed by atoms with Gasteiger partial charge in [-0.15, -0.1) is 0 Å². The minimum atomic E-state index is -3.99. The molecule has 0 radical (unpaired) electrons. The zero-order valence-corrected chi connectivity index (χ0v) is 22.4. The zero-order valence-electron chi connectivity index (χ0n) is 20.0. The number of anilines is 1. The van der Waals surface area contributed by atoms with Gasteiger partial charge < -0.3 is 14.8 Å². The summed E-state index contributed by atoms with van der Waals surface area (Å²) in [4.78, 5) is 12.8. The van der Waals surface area contributed by atoms with Crippen molar-refractivity contribution < 1.29 is 22.7 Å². The van der Waals surface area contributed by atoms with Crippen molar-refractivity contribution in [3.63, 3.8) is 0 Å². The summed E-state index contributed by atoms with van der Waals surface area (Å²) in [6.45, 7) is 6.45. The van der Waals surface area contributed by atoms with Crippen LogP contribution in [0.15, 0.2) is 76.1 Å². The lowest BCUT2D eigenvalue weighted by Gasteiger charge is -2.24. The van der Waals surface area contributed by atoms with E-state index in [1.54, 1.807) is 36.4 Å². The lowest BCUT2D eigenvalue weighted by molar-refractivity contribution is -0.119. The van der Waals surface area contributed by atoms with Crippen LogP contribution < -0.4 is 19.1 Å². The van der Waals surface area contributed by atoms with Gasteiger partial charge in [-0.3, -0.25) is 9.10 Å². The second kappa shape index (κ2) is 12.1. The quantitative estimate of drug-likeness (QED) is 0.339. The molecule has 7 nitrogen and oxygen atoms in total. The van der Waals surface area contributed by atoms with E-state index in [9.17, 15) is 13.2 Å². The molecule has 0 saturated heterocycles. The summed E-state index contributed by atoms with van der Waals surface area (Å²) in [5.74, 6) is 0.924. The summed E-state index contributed by atoms with van der Waals surface area (Å²) in [6, 6.07) is 18.8. The lowest BCUT2D eigenvalue weighted by Crippen LogP contribution is -2.41. The second-order valence-corrected chi connectivity index (χ2v) is 10.6. The van der Waals surface area contributed by atoms with Gasteiger partial charge in [-0.25, -0.2) is 8.42 Å². The van der Waals surface area contributed by atoms with Crippen LogP contribution in [0.5, 0.6) is 11.5 Å². The van der Waals surface area contributed by atoms with Crippen LogP contribution in [0.25, 0.3) is 0 Å². The Hall–Kier alpha value is -3.04. The van der Waals surface area contributed by atoms with Gasteiger partial charge >= 0.3 is 0 Å². The molecule has 35 heavy (non-hydrogen) atoms. The Labute approximate surface area is 215 Å². The lowest BCUT2D eigenvalue weighted by atomic mass is 10.1. The van der Waals surface area contributed by atoms with Gasteiger partial charge in [0.15, 0.2) is 0 Å². The first-order valence-corrected chi connectivity index (χ1v) is 13.4. The van der Waals surface area contributed by atoms with Crippen molar-refractivity contribution in [2.75, 3.05) is 30.6 Å². The summed E-state index contributed by atoms with van der Waals surface area (Å²) in [6.07, 6.45) is 0. The van der Waals surface area contributed by atoms with Crippen molar-refractivity contribution in [2.45, 2.75) is 25.7 Å². The average Bonchev–Trinajstić information content (AvgIpc) is 2.82. The topological polar surface area (TPSA) is 84.9 Å². The molecular weight excluding hydrogens is 532 g/mol. The predicted octanol–water partition coefficient (Wildman–Crippen LogP) is 4.86. The van der Waals surface area contributed by atoms with Gasteiger partial charge in [-0.2, -0.15) is 0 Å². The summed E-state index contributed by atoms with van der Waals surface area (Å²) >= 11 is 3.32. The Morgan fingerprint density at radius 2 is 1.66 bits per heavy atom. The van der Waals surface area contributed by atoms with Gasteiger partial charge in [0.1, 0.15) is 24.7 Å². The van der Waals surface area contributed by atoms with Crippen LogP contribution in [0.3, 0.4) is 0 Å². The third kappa shape index (κ3) is 7.22. The standard InChI is InChI=1S/C26H29BrN2O5S/c1-4-33-23-10-8-22(9-11-23)29(35(31,32)24-12-6-21(27)7-13-24)18-26(30)28-15-16-34-25-14-5-19(2)17-20(25)3/h5-14,17H,4,15-16,18H2,1-3H3,(H,28,30). The van der Waals surface area contributed by atoms with Crippen molar-refractivity contribution in [1.82, 2.24) is 5.32 Å². The number of benzene rings is 3. The first-order valence-electron chi connectivity index (χ1n) is 11.2. The van der Waals surface area contributed by atoms with E-state index in [2.05, 4.69) is 21.2 Å². The number of aryl methyl sites for hydroxylation is 2. The molecule has 9 heteroatoms. The summed E-state index contributed by atoms with van der Waals surface area (Å²) < 4.78 is 39.9. The molecule has 0 aliphatic rings. The van der Waals surface area contributed by atoms with Crippen LogP contribution in [-0.2, 0) is 14.8 Å². The maximum absolute atomic E-state index is 13.4. The molecule has 1 amide bonds. The van der Waals surface area contributed by atoms with Crippen LogP contribution >= 0.6 is 15.9 Å². The first-order chi connectivity index (χ1) is 16.7. The average molecular weight is 561 g/mol. The number of halogens is 1. The van der Waals surface area contributed by atoms with E-state index < -0.39 is 15.9 Å². The molecule has 0 saturated carbocycles. The molecule has 3 aromatic carbocycles. The fourth-order valence-corrected chi connectivity index (χ4v) is 5.11. The second-order valence-electron chi connectivity index (χ2n) is 7.86. The highest BCUT2D eigenvalue weighted by atomic mass is 79.9. The Morgan fingerprint density at radius 3 is 2.29 bits per heavy atom. The maximum Gasteiger partial charge on any atom is 0.264 e. The normalized spacial score (nSPS) is 11.1. The number of rotatable bonds is 11. The van der Waals surface area contributed by atoms with E-state index in [0.717, 1.165) is 25.7 Å². The number of nitrogens with one attached hydrogen (secondary N) is 1. The molecule has 0 bridgehead atoms. The maximum atomic E-state index is 13.4. The van der Waals surface area contributed by atoms with Crippen molar-refractivity contribution in [1.29, 1.82) is 0 Å². The third-order valence-corrected chi connectivity index (χ3v) is 7.45. The van der Waals surface area contributed by atoms with Gasteiger partial charge in [-0.1, -0.05) is 33.6 Å². The van der Waals surface area contributed by atoms with E-state index in [1.807, 2.05) is 39.0 Å². The molecule has 3 aromatic rings.